The molecular weight excluding hydrogens is 196 g/mol. The highest BCUT2D eigenvalue weighted by molar-refractivity contribution is 7.85. The summed E-state index contributed by atoms with van der Waals surface area (Å²) in [6.45, 7) is 0. The van der Waals surface area contributed by atoms with E-state index in [1.54, 1.807) is 6.26 Å². The molecule has 0 bridgehead atoms. The summed E-state index contributed by atoms with van der Waals surface area (Å²) in [6.07, 6.45) is 2.79. The molecule has 0 saturated carbocycles. The van der Waals surface area contributed by atoms with Crippen LogP contribution in [0.2, 0.25) is 0 Å². The molecule has 0 spiro atoms. The molecule has 1 atom stereocenters. The highest BCUT2D eigenvalue weighted by Gasteiger charge is 2.04. The van der Waals surface area contributed by atoms with Crippen LogP contribution in [-0.2, 0) is 22.0 Å². The Morgan fingerprint density at radius 3 is 2.50 bits per heavy atom. The van der Waals surface area contributed by atoms with Gasteiger partial charge in [-0.2, -0.15) is 0 Å². The lowest BCUT2D eigenvalue weighted by Gasteiger charge is -1.99. The second kappa shape index (κ2) is 5.70. The first kappa shape index (κ1) is 11.1. The molecule has 1 unspecified atom stereocenters. The van der Waals surface area contributed by atoms with Crippen molar-refractivity contribution in [3.8, 4) is 0 Å². The van der Waals surface area contributed by atoms with Gasteiger partial charge in [0, 0.05) is 23.5 Å². The van der Waals surface area contributed by atoms with Crippen LogP contribution in [0.25, 0.3) is 0 Å². The molecule has 0 aliphatic carbocycles. The summed E-state index contributed by atoms with van der Waals surface area (Å²) in [5.41, 5.74) is 1.16. The fraction of sp³-hybridized carbons (Fsp3) is 0.364. The maximum absolute atomic E-state index is 11.2. The second-order valence-electron chi connectivity index (χ2n) is 3.24. The van der Waals surface area contributed by atoms with Crippen LogP contribution in [0.15, 0.2) is 30.3 Å². The zero-order valence-corrected chi connectivity index (χ0v) is 9.05. The Balaban J connectivity index is 2.34. The molecule has 0 aromatic heterocycles. The molecule has 1 aromatic carbocycles. The van der Waals surface area contributed by atoms with Gasteiger partial charge < -0.3 is 0 Å². The molecule has 1 rings (SSSR count). The van der Waals surface area contributed by atoms with Crippen LogP contribution in [0.3, 0.4) is 0 Å². The average Bonchev–Trinajstić information content (AvgIpc) is 2.15. The Bertz CT molecular complexity index is 319. The van der Waals surface area contributed by atoms with Gasteiger partial charge in [-0.1, -0.05) is 30.3 Å². The normalized spacial score (nSPS) is 12.4. The van der Waals surface area contributed by atoms with Gasteiger partial charge in [-0.3, -0.25) is 9.00 Å². The zero-order valence-electron chi connectivity index (χ0n) is 8.23. The van der Waals surface area contributed by atoms with Crippen molar-refractivity contribution in [2.45, 2.75) is 12.8 Å². The summed E-state index contributed by atoms with van der Waals surface area (Å²) in [4.78, 5) is 11.2. The molecule has 0 aliphatic rings. The first-order valence-electron chi connectivity index (χ1n) is 4.54. The van der Waals surface area contributed by atoms with E-state index in [4.69, 9.17) is 0 Å². The number of rotatable bonds is 5. The molecular formula is C11H14O2S. The molecule has 0 heterocycles. The minimum Gasteiger partial charge on any atom is -0.299 e. The topological polar surface area (TPSA) is 34.1 Å². The summed E-state index contributed by atoms with van der Waals surface area (Å²) in [7, 11) is -1.00. The maximum Gasteiger partial charge on any atom is 0.145 e. The third-order valence-corrected chi connectivity index (χ3v) is 2.63. The predicted molar refractivity (Wildman–Crippen MR) is 58.7 cm³/mol. The molecule has 0 fully saturated rings. The van der Waals surface area contributed by atoms with Crippen LogP contribution in [0.5, 0.6) is 0 Å². The third-order valence-electron chi connectivity index (χ3n) is 1.90. The molecule has 76 valence electrons. The molecule has 14 heavy (non-hydrogen) atoms. The van der Waals surface area contributed by atoms with Gasteiger partial charge in [-0.25, -0.2) is 0 Å². The number of aryl methyl sites for hydroxylation is 1. The van der Waals surface area contributed by atoms with Crippen molar-refractivity contribution in [3.63, 3.8) is 0 Å². The Labute approximate surface area is 86.8 Å². The third kappa shape index (κ3) is 4.33. The van der Waals surface area contributed by atoms with E-state index in [1.807, 2.05) is 30.3 Å². The first-order valence-corrected chi connectivity index (χ1v) is 6.27. The van der Waals surface area contributed by atoms with Gasteiger partial charge in [0.15, 0.2) is 0 Å². The number of carbonyl (C=O) groups excluding carboxylic acids is 1. The van der Waals surface area contributed by atoms with Crippen LogP contribution in [0.4, 0.5) is 0 Å². The van der Waals surface area contributed by atoms with Crippen LogP contribution in [0.1, 0.15) is 12.0 Å². The van der Waals surface area contributed by atoms with Crippen LogP contribution in [0, 0.1) is 0 Å². The summed E-state index contributed by atoms with van der Waals surface area (Å²) in [5, 5.41) is 0. The minimum absolute atomic E-state index is 0.0784. The Kier molecular flexibility index (Phi) is 4.53. The molecule has 0 radical (unpaired) electrons. The quantitative estimate of drug-likeness (QED) is 0.739. The van der Waals surface area contributed by atoms with E-state index in [0.717, 1.165) is 12.0 Å². The van der Waals surface area contributed by atoms with Crippen molar-refractivity contribution in [1.82, 2.24) is 0 Å². The predicted octanol–water partition coefficient (Wildman–Crippen LogP) is 1.57. The van der Waals surface area contributed by atoms with E-state index in [9.17, 15) is 9.00 Å². The molecule has 0 aliphatic heterocycles. The van der Waals surface area contributed by atoms with Gasteiger partial charge in [-0.15, -0.1) is 0 Å². The molecule has 0 amide bonds. The van der Waals surface area contributed by atoms with Gasteiger partial charge in [0.05, 0.1) is 5.75 Å². The van der Waals surface area contributed by atoms with Gasteiger partial charge >= 0.3 is 0 Å². The minimum atomic E-state index is -1.00. The Morgan fingerprint density at radius 2 is 1.93 bits per heavy atom. The summed E-state index contributed by atoms with van der Waals surface area (Å²) in [5.74, 6) is 0.266. The second-order valence-corrected chi connectivity index (χ2v) is 4.68. The fourth-order valence-corrected chi connectivity index (χ4v) is 1.83. The molecule has 3 heteroatoms. The summed E-state index contributed by atoms with van der Waals surface area (Å²) >= 11 is 0. The van der Waals surface area contributed by atoms with Crippen molar-refractivity contribution >= 4 is 16.6 Å². The van der Waals surface area contributed by atoms with E-state index in [1.165, 1.54) is 0 Å². The van der Waals surface area contributed by atoms with E-state index in [2.05, 4.69) is 0 Å². The summed E-state index contributed by atoms with van der Waals surface area (Å²) < 4.78 is 10.8. The van der Waals surface area contributed by atoms with E-state index in [-0.39, 0.29) is 11.5 Å². The van der Waals surface area contributed by atoms with Crippen molar-refractivity contribution in [3.05, 3.63) is 35.9 Å². The highest BCUT2D eigenvalue weighted by atomic mass is 32.2. The van der Waals surface area contributed by atoms with Crippen LogP contribution in [-0.4, -0.2) is 22.0 Å². The van der Waals surface area contributed by atoms with Crippen molar-refractivity contribution in [2.24, 2.45) is 0 Å². The van der Waals surface area contributed by atoms with Gasteiger partial charge in [-0.05, 0) is 12.0 Å². The van der Waals surface area contributed by atoms with Gasteiger partial charge in [0.2, 0.25) is 0 Å². The van der Waals surface area contributed by atoms with Crippen molar-refractivity contribution in [1.29, 1.82) is 0 Å². The molecule has 0 saturated heterocycles. The van der Waals surface area contributed by atoms with Crippen molar-refractivity contribution in [2.75, 3.05) is 12.0 Å². The number of Topliss-reactive ketones (excluding diaryl/α,β-unsaturated/α-hetero) is 1. The van der Waals surface area contributed by atoms with Crippen LogP contribution < -0.4 is 0 Å². The number of benzene rings is 1. The standard InChI is InChI=1S/C11H14O2S/c1-14(13)9-11(12)8-7-10-5-3-2-4-6-10/h2-6H,7-9H2,1H3. The molecule has 2 nitrogen and oxygen atoms in total. The van der Waals surface area contributed by atoms with E-state index < -0.39 is 10.8 Å². The molecule has 1 aromatic rings. The lowest BCUT2D eigenvalue weighted by molar-refractivity contribution is -0.116. The monoisotopic (exact) mass is 210 g/mol. The van der Waals surface area contributed by atoms with Gasteiger partial charge in [0.1, 0.15) is 5.78 Å². The number of ketones is 1. The lowest BCUT2D eigenvalue weighted by Crippen LogP contribution is -2.09. The maximum atomic E-state index is 11.2. The largest absolute Gasteiger partial charge is 0.299 e. The number of hydrogen-bond acceptors (Lipinski definition) is 2. The number of hydrogen-bond donors (Lipinski definition) is 0. The van der Waals surface area contributed by atoms with Gasteiger partial charge in [0.25, 0.3) is 0 Å². The zero-order chi connectivity index (χ0) is 10.4. The van der Waals surface area contributed by atoms with E-state index in [0.29, 0.717) is 6.42 Å². The highest BCUT2D eigenvalue weighted by Crippen LogP contribution is 2.02. The Morgan fingerprint density at radius 1 is 1.29 bits per heavy atom. The van der Waals surface area contributed by atoms with Crippen molar-refractivity contribution < 1.29 is 9.00 Å². The lowest BCUT2D eigenvalue weighted by atomic mass is 10.1. The summed E-state index contributed by atoms with van der Waals surface area (Å²) in [6, 6.07) is 9.86. The van der Waals surface area contributed by atoms with E-state index >= 15 is 0 Å². The van der Waals surface area contributed by atoms with Crippen LogP contribution >= 0.6 is 0 Å². The number of carbonyl (C=O) groups is 1. The fourth-order valence-electron chi connectivity index (χ4n) is 1.23. The average molecular weight is 210 g/mol. The molecule has 0 N–H and O–H groups in total. The SMILES string of the molecule is CS(=O)CC(=O)CCc1ccccc1. The Hall–Kier alpha value is -0.960. The smallest absolute Gasteiger partial charge is 0.145 e. The first-order chi connectivity index (χ1) is 6.68.